The van der Waals surface area contributed by atoms with E-state index in [1.165, 1.54) is 18.0 Å². The molecule has 1 aliphatic rings. The van der Waals surface area contributed by atoms with Crippen molar-refractivity contribution in [1.82, 2.24) is 5.32 Å². The van der Waals surface area contributed by atoms with Gasteiger partial charge < -0.3 is 19.7 Å². The Morgan fingerprint density at radius 3 is 2.55 bits per heavy atom. The van der Waals surface area contributed by atoms with E-state index in [4.69, 9.17) is 4.74 Å². The fourth-order valence-electron chi connectivity index (χ4n) is 2.96. The van der Waals surface area contributed by atoms with Crippen molar-refractivity contribution in [2.45, 2.75) is 6.10 Å². The zero-order valence-corrected chi connectivity index (χ0v) is 15.6. The quantitative estimate of drug-likeness (QED) is 0.469. The maximum absolute atomic E-state index is 13.2. The number of amides is 2. The monoisotopic (exact) mass is 399 g/mol. The van der Waals surface area contributed by atoms with Crippen LogP contribution in [0.4, 0.5) is 11.4 Å². The van der Waals surface area contributed by atoms with Gasteiger partial charge in [-0.1, -0.05) is 12.1 Å². The molecule has 2 aromatic rings. The van der Waals surface area contributed by atoms with E-state index in [0.717, 1.165) is 19.2 Å². The Balaban J connectivity index is 2.07. The van der Waals surface area contributed by atoms with Gasteiger partial charge in [0.15, 0.2) is 6.10 Å². The summed E-state index contributed by atoms with van der Waals surface area (Å²) in [5.41, 5.74) is -0.245. The first kappa shape index (κ1) is 19.8. The van der Waals surface area contributed by atoms with E-state index in [1.807, 2.05) is 0 Å². The number of carbonyl (C=O) groups excluding carboxylic acids is 3. The minimum absolute atomic E-state index is 0.0908. The van der Waals surface area contributed by atoms with E-state index in [2.05, 4.69) is 10.1 Å². The van der Waals surface area contributed by atoms with Crippen LogP contribution in [0.15, 0.2) is 42.5 Å². The van der Waals surface area contributed by atoms with Crippen LogP contribution in [-0.4, -0.2) is 49.5 Å². The van der Waals surface area contributed by atoms with Crippen molar-refractivity contribution in [3.8, 4) is 5.75 Å². The highest BCUT2D eigenvalue weighted by Crippen LogP contribution is 2.34. The second-order valence-electron chi connectivity index (χ2n) is 6.12. The van der Waals surface area contributed by atoms with E-state index in [0.29, 0.717) is 11.4 Å². The summed E-state index contributed by atoms with van der Waals surface area (Å²) in [6.45, 7) is -0.105. The van der Waals surface area contributed by atoms with Gasteiger partial charge in [-0.15, -0.1) is 0 Å². The van der Waals surface area contributed by atoms with Crippen LogP contribution in [0.1, 0.15) is 20.7 Å². The number of esters is 1. The van der Waals surface area contributed by atoms with Crippen LogP contribution < -0.4 is 15.0 Å². The Bertz CT molecular complexity index is 1010. The van der Waals surface area contributed by atoms with Gasteiger partial charge in [-0.3, -0.25) is 19.7 Å². The standard InChI is InChI=1S/C19H17N3O7/c1-20-17(23)16-10-21(14-5-3-4-6-15(14)29-16)18(24)11-7-12(19(25)28-2)9-13(8-11)22(26)27/h3-9,16H,10H2,1-2H3,(H,20,23). The van der Waals surface area contributed by atoms with E-state index in [9.17, 15) is 24.5 Å². The number of methoxy groups -OCH3 is 1. The molecular formula is C19H17N3O7. The van der Waals surface area contributed by atoms with Crippen molar-refractivity contribution in [3.63, 3.8) is 0 Å². The number of nitro groups is 1. The molecule has 1 heterocycles. The predicted molar refractivity (Wildman–Crippen MR) is 101 cm³/mol. The summed E-state index contributed by atoms with van der Waals surface area (Å²) >= 11 is 0. The summed E-state index contributed by atoms with van der Waals surface area (Å²) < 4.78 is 10.3. The summed E-state index contributed by atoms with van der Waals surface area (Å²) in [4.78, 5) is 49.0. The molecule has 1 unspecified atom stereocenters. The zero-order valence-electron chi connectivity index (χ0n) is 15.6. The second-order valence-corrected chi connectivity index (χ2v) is 6.12. The van der Waals surface area contributed by atoms with Gasteiger partial charge >= 0.3 is 5.97 Å². The predicted octanol–water partition coefficient (Wildman–Crippen LogP) is 1.54. The smallest absolute Gasteiger partial charge is 0.338 e. The Labute approximate surface area is 165 Å². The minimum Gasteiger partial charge on any atom is -0.477 e. The number of nitrogens with one attached hydrogen (secondary N) is 1. The Hall–Kier alpha value is -3.95. The molecule has 0 bridgehead atoms. The maximum atomic E-state index is 13.2. The van der Waals surface area contributed by atoms with Crippen LogP contribution in [0.3, 0.4) is 0 Å². The number of rotatable bonds is 4. The first-order chi connectivity index (χ1) is 13.8. The van der Waals surface area contributed by atoms with Gasteiger partial charge in [-0.2, -0.15) is 0 Å². The number of ether oxygens (including phenoxy) is 2. The van der Waals surface area contributed by atoms with E-state index in [1.54, 1.807) is 24.3 Å². The number of para-hydroxylation sites is 2. The molecule has 1 atom stereocenters. The first-order valence-electron chi connectivity index (χ1n) is 8.52. The summed E-state index contributed by atoms with van der Waals surface area (Å²) in [5.74, 6) is -1.54. The number of likely N-dealkylation sites (N-methyl/N-ethyl adjacent to an activating group) is 1. The average Bonchev–Trinajstić information content (AvgIpc) is 2.76. The molecule has 0 saturated heterocycles. The number of carbonyl (C=O) groups is 3. The third-order valence-corrected chi connectivity index (χ3v) is 4.35. The summed E-state index contributed by atoms with van der Waals surface area (Å²) in [5, 5.41) is 13.7. The molecule has 3 rings (SSSR count). The number of anilines is 1. The van der Waals surface area contributed by atoms with Gasteiger partial charge in [0.1, 0.15) is 5.75 Å². The molecule has 0 spiro atoms. The number of fused-ring (bicyclic) bond motifs is 1. The van der Waals surface area contributed by atoms with Crippen molar-refractivity contribution >= 4 is 29.2 Å². The molecule has 0 saturated carbocycles. The van der Waals surface area contributed by atoms with E-state index < -0.39 is 34.5 Å². The fraction of sp³-hybridized carbons (Fsp3) is 0.211. The lowest BCUT2D eigenvalue weighted by Crippen LogP contribution is -2.50. The molecule has 0 aromatic heterocycles. The Morgan fingerprint density at radius 1 is 1.21 bits per heavy atom. The third kappa shape index (κ3) is 3.86. The Kier molecular flexibility index (Phi) is 5.44. The molecular weight excluding hydrogens is 382 g/mol. The molecule has 29 heavy (non-hydrogen) atoms. The number of nitro benzene ring substituents is 1. The highest BCUT2D eigenvalue weighted by Gasteiger charge is 2.34. The SMILES string of the molecule is CNC(=O)C1CN(C(=O)c2cc(C(=O)OC)cc([N+](=O)[O-])c2)c2ccccc2O1. The highest BCUT2D eigenvalue weighted by molar-refractivity contribution is 6.09. The van der Waals surface area contributed by atoms with Crippen LogP contribution in [-0.2, 0) is 9.53 Å². The molecule has 1 N–H and O–H groups in total. The van der Waals surface area contributed by atoms with Gasteiger partial charge in [0, 0.05) is 24.7 Å². The van der Waals surface area contributed by atoms with Gasteiger partial charge in [0.05, 0.1) is 29.8 Å². The molecule has 1 aliphatic heterocycles. The fourth-order valence-corrected chi connectivity index (χ4v) is 2.96. The Morgan fingerprint density at radius 2 is 1.90 bits per heavy atom. The van der Waals surface area contributed by atoms with Gasteiger partial charge in [-0.05, 0) is 18.2 Å². The minimum atomic E-state index is -0.961. The molecule has 0 aliphatic carbocycles. The van der Waals surface area contributed by atoms with Crippen molar-refractivity contribution < 1.29 is 28.8 Å². The molecule has 10 heteroatoms. The lowest BCUT2D eigenvalue weighted by molar-refractivity contribution is -0.384. The van der Waals surface area contributed by atoms with Gasteiger partial charge in [0.2, 0.25) is 0 Å². The van der Waals surface area contributed by atoms with Crippen molar-refractivity contribution in [1.29, 1.82) is 0 Å². The lowest BCUT2D eigenvalue weighted by atomic mass is 10.1. The molecule has 150 valence electrons. The topological polar surface area (TPSA) is 128 Å². The molecule has 2 aromatic carbocycles. The van der Waals surface area contributed by atoms with Crippen molar-refractivity contribution in [2.24, 2.45) is 0 Å². The first-order valence-corrected chi connectivity index (χ1v) is 8.52. The molecule has 10 nitrogen and oxygen atoms in total. The van der Waals surface area contributed by atoms with Crippen LogP contribution in [0.5, 0.6) is 5.75 Å². The van der Waals surface area contributed by atoms with Gasteiger partial charge in [0.25, 0.3) is 17.5 Å². The van der Waals surface area contributed by atoms with Crippen LogP contribution in [0.25, 0.3) is 0 Å². The van der Waals surface area contributed by atoms with Crippen LogP contribution >= 0.6 is 0 Å². The maximum Gasteiger partial charge on any atom is 0.338 e. The number of benzene rings is 2. The van der Waals surface area contributed by atoms with Crippen molar-refractivity contribution in [3.05, 3.63) is 63.7 Å². The number of hydrogen-bond donors (Lipinski definition) is 1. The third-order valence-electron chi connectivity index (χ3n) is 4.35. The summed E-state index contributed by atoms with van der Waals surface area (Å²) in [6, 6.07) is 9.94. The van der Waals surface area contributed by atoms with Crippen LogP contribution in [0, 0.1) is 10.1 Å². The normalized spacial score (nSPS) is 15.0. The average molecular weight is 399 g/mol. The molecule has 0 radical (unpaired) electrons. The summed E-state index contributed by atoms with van der Waals surface area (Å²) in [6.07, 6.45) is -0.961. The van der Waals surface area contributed by atoms with Crippen LogP contribution in [0.2, 0.25) is 0 Å². The van der Waals surface area contributed by atoms with E-state index >= 15 is 0 Å². The number of nitrogens with zero attached hydrogens (tertiary/aromatic N) is 2. The number of non-ortho nitro benzene ring substituents is 1. The van der Waals surface area contributed by atoms with Crippen molar-refractivity contribution in [2.75, 3.05) is 25.6 Å². The lowest BCUT2D eigenvalue weighted by Gasteiger charge is -2.34. The van der Waals surface area contributed by atoms with Gasteiger partial charge in [-0.25, -0.2) is 4.79 Å². The summed E-state index contributed by atoms with van der Waals surface area (Å²) in [7, 11) is 2.58. The zero-order chi connectivity index (χ0) is 21.1. The number of hydrogen-bond acceptors (Lipinski definition) is 7. The largest absolute Gasteiger partial charge is 0.477 e. The van der Waals surface area contributed by atoms with E-state index in [-0.39, 0.29) is 17.7 Å². The highest BCUT2D eigenvalue weighted by atomic mass is 16.6. The molecule has 0 fully saturated rings. The second kappa shape index (κ2) is 7.97. The molecule has 2 amide bonds.